The van der Waals surface area contributed by atoms with Crippen LogP contribution in [-0.2, 0) is 7.05 Å². The second-order valence-electron chi connectivity index (χ2n) is 8.07. The summed E-state index contributed by atoms with van der Waals surface area (Å²) in [6.45, 7) is 4.33. The van der Waals surface area contributed by atoms with Crippen molar-refractivity contribution >= 4 is 33.7 Å². The largest absolute Gasteiger partial charge is 0.395 e. The zero-order valence-electron chi connectivity index (χ0n) is 17.6. The van der Waals surface area contributed by atoms with Gasteiger partial charge in [0.1, 0.15) is 5.52 Å². The van der Waals surface area contributed by atoms with E-state index in [1.54, 1.807) is 28.6 Å². The van der Waals surface area contributed by atoms with E-state index in [-0.39, 0.29) is 18.3 Å². The first-order chi connectivity index (χ1) is 15.0. The maximum absolute atomic E-state index is 13.0. The predicted octanol–water partition coefficient (Wildman–Crippen LogP) is 1.97. The number of aromatic nitrogens is 5. The Morgan fingerprint density at radius 2 is 2.16 bits per heavy atom. The van der Waals surface area contributed by atoms with Gasteiger partial charge < -0.3 is 10.4 Å². The maximum atomic E-state index is 13.0. The van der Waals surface area contributed by atoms with Gasteiger partial charge in [0.05, 0.1) is 24.4 Å². The van der Waals surface area contributed by atoms with Gasteiger partial charge in [-0.05, 0) is 37.1 Å². The Balaban J connectivity index is 1.53. The zero-order valence-corrected chi connectivity index (χ0v) is 17.6. The number of imidazole rings is 1. The Bertz CT molecular complexity index is 1330. The molecule has 1 atom stereocenters. The van der Waals surface area contributed by atoms with E-state index in [4.69, 9.17) is 4.98 Å². The molecule has 0 unspecified atom stereocenters. The molecule has 9 heteroatoms. The van der Waals surface area contributed by atoms with Gasteiger partial charge in [0.2, 0.25) is 5.95 Å². The van der Waals surface area contributed by atoms with Crippen molar-refractivity contribution < 1.29 is 5.11 Å². The van der Waals surface area contributed by atoms with E-state index >= 15 is 0 Å². The van der Waals surface area contributed by atoms with Crippen LogP contribution in [0.5, 0.6) is 0 Å². The van der Waals surface area contributed by atoms with E-state index in [0.717, 1.165) is 41.7 Å². The van der Waals surface area contributed by atoms with Crippen molar-refractivity contribution in [1.82, 2.24) is 29.0 Å². The number of likely N-dealkylation sites (tertiary alicyclic amines) is 1. The molecule has 31 heavy (non-hydrogen) atoms. The van der Waals surface area contributed by atoms with Gasteiger partial charge in [0, 0.05) is 44.0 Å². The number of fused-ring (bicyclic) bond motifs is 2. The normalized spacial score (nSPS) is 17.1. The molecule has 1 aliphatic rings. The molecule has 0 aliphatic carbocycles. The second kappa shape index (κ2) is 7.75. The van der Waals surface area contributed by atoms with Crippen LogP contribution in [0.25, 0.3) is 22.1 Å². The summed E-state index contributed by atoms with van der Waals surface area (Å²) >= 11 is 0. The first-order valence-electron chi connectivity index (χ1n) is 10.4. The minimum Gasteiger partial charge on any atom is -0.395 e. The molecule has 1 fully saturated rings. The zero-order chi connectivity index (χ0) is 21.5. The monoisotopic (exact) mass is 419 g/mol. The SMILES string of the molecule is Cc1cc2ncccc2cc1Nc1ncc2c(n1)n([C@H]1CCN(CCO)C1)c(=O)n2C. The van der Waals surface area contributed by atoms with Crippen LogP contribution in [0.2, 0.25) is 0 Å². The number of hydrogen-bond donors (Lipinski definition) is 2. The molecule has 3 aromatic heterocycles. The van der Waals surface area contributed by atoms with Crippen LogP contribution in [0.1, 0.15) is 18.0 Å². The molecule has 0 radical (unpaired) electrons. The second-order valence-corrected chi connectivity index (χ2v) is 8.07. The number of hydrogen-bond acceptors (Lipinski definition) is 7. The van der Waals surface area contributed by atoms with E-state index in [1.165, 1.54) is 0 Å². The van der Waals surface area contributed by atoms with Crippen molar-refractivity contribution in [3.05, 3.63) is 52.7 Å². The van der Waals surface area contributed by atoms with Gasteiger partial charge in [-0.25, -0.2) is 9.78 Å². The minimum atomic E-state index is -0.0924. The summed E-state index contributed by atoms with van der Waals surface area (Å²) in [6.07, 6.45) is 4.33. The number of anilines is 2. The molecule has 0 bridgehead atoms. The third kappa shape index (κ3) is 3.45. The van der Waals surface area contributed by atoms with Crippen molar-refractivity contribution in [2.75, 3.05) is 31.6 Å². The standard InChI is InChI=1S/C22H25N7O2/c1-14-10-18-15(4-3-6-23-18)11-17(14)25-21-24-12-19-20(26-21)29(22(31)27(19)2)16-5-7-28(13-16)8-9-30/h3-4,6,10-12,16,30H,5,7-9,13H2,1-2H3,(H,24,25,26)/t16-/m0/s1. The van der Waals surface area contributed by atoms with Gasteiger partial charge >= 0.3 is 5.69 Å². The Morgan fingerprint density at radius 1 is 1.29 bits per heavy atom. The number of nitrogens with one attached hydrogen (secondary N) is 1. The van der Waals surface area contributed by atoms with Crippen molar-refractivity contribution in [1.29, 1.82) is 0 Å². The molecule has 9 nitrogen and oxygen atoms in total. The number of rotatable bonds is 5. The molecule has 4 aromatic rings. The first kappa shape index (κ1) is 19.7. The highest BCUT2D eigenvalue weighted by atomic mass is 16.3. The molecule has 5 rings (SSSR count). The number of aryl methyl sites for hydroxylation is 2. The summed E-state index contributed by atoms with van der Waals surface area (Å²) in [7, 11) is 1.75. The lowest BCUT2D eigenvalue weighted by molar-refractivity contribution is 0.217. The summed E-state index contributed by atoms with van der Waals surface area (Å²) in [5, 5.41) is 13.6. The van der Waals surface area contributed by atoms with E-state index in [2.05, 4.69) is 20.2 Å². The molecule has 1 saturated heterocycles. The molecule has 160 valence electrons. The fourth-order valence-electron chi connectivity index (χ4n) is 4.37. The van der Waals surface area contributed by atoms with Crippen LogP contribution >= 0.6 is 0 Å². The quantitative estimate of drug-likeness (QED) is 0.510. The third-order valence-electron chi connectivity index (χ3n) is 6.06. The van der Waals surface area contributed by atoms with E-state index < -0.39 is 0 Å². The van der Waals surface area contributed by atoms with E-state index in [9.17, 15) is 9.90 Å². The summed E-state index contributed by atoms with van der Waals surface area (Å²) in [6, 6.07) is 8.02. The van der Waals surface area contributed by atoms with E-state index in [0.29, 0.717) is 23.7 Å². The Hall–Kier alpha value is -3.30. The van der Waals surface area contributed by atoms with E-state index in [1.807, 2.05) is 31.2 Å². The highest BCUT2D eigenvalue weighted by molar-refractivity contribution is 5.85. The molecule has 1 aromatic carbocycles. The molecule has 1 aliphatic heterocycles. The molecule has 4 heterocycles. The van der Waals surface area contributed by atoms with Crippen LogP contribution in [0.15, 0.2) is 41.5 Å². The number of aliphatic hydroxyl groups is 1. The van der Waals surface area contributed by atoms with Gasteiger partial charge in [0.25, 0.3) is 0 Å². The lowest BCUT2D eigenvalue weighted by atomic mass is 10.1. The average molecular weight is 419 g/mol. The van der Waals surface area contributed by atoms with Crippen molar-refractivity contribution in [2.45, 2.75) is 19.4 Å². The summed E-state index contributed by atoms with van der Waals surface area (Å²) in [5.41, 5.74) is 4.12. The number of nitrogens with zero attached hydrogens (tertiary/aromatic N) is 6. The van der Waals surface area contributed by atoms with Gasteiger partial charge in [-0.3, -0.25) is 19.0 Å². The molecule has 2 N–H and O–H groups in total. The van der Waals surface area contributed by atoms with Crippen LogP contribution in [0.3, 0.4) is 0 Å². The lowest BCUT2D eigenvalue weighted by Gasteiger charge is -2.15. The molecular weight excluding hydrogens is 394 g/mol. The van der Waals surface area contributed by atoms with Gasteiger partial charge in [-0.2, -0.15) is 4.98 Å². The first-order valence-corrected chi connectivity index (χ1v) is 10.4. The molecule has 0 spiro atoms. The predicted molar refractivity (Wildman–Crippen MR) is 120 cm³/mol. The molecular formula is C22H25N7O2. The maximum Gasteiger partial charge on any atom is 0.330 e. The van der Waals surface area contributed by atoms with Crippen molar-refractivity contribution in [3.8, 4) is 0 Å². The number of benzene rings is 1. The highest BCUT2D eigenvalue weighted by Gasteiger charge is 2.28. The van der Waals surface area contributed by atoms with Crippen molar-refractivity contribution in [2.24, 2.45) is 7.05 Å². The fourth-order valence-corrected chi connectivity index (χ4v) is 4.37. The van der Waals surface area contributed by atoms with Gasteiger partial charge in [-0.15, -0.1) is 0 Å². The number of aliphatic hydroxyl groups excluding tert-OH is 1. The number of pyridine rings is 1. The number of β-amino-alcohol motifs (C(OH)–C–C–N with tert-alkyl or cyclic N) is 1. The Morgan fingerprint density at radius 3 is 3.00 bits per heavy atom. The Kier molecular flexibility index (Phi) is 4.91. The van der Waals surface area contributed by atoms with Crippen LogP contribution in [0.4, 0.5) is 11.6 Å². The molecule has 0 saturated carbocycles. The summed E-state index contributed by atoms with van der Waals surface area (Å²) in [5.74, 6) is 0.448. The smallest absolute Gasteiger partial charge is 0.330 e. The third-order valence-corrected chi connectivity index (χ3v) is 6.06. The molecule has 0 amide bonds. The fraction of sp³-hybridized carbons (Fsp3) is 0.364. The van der Waals surface area contributed by atoms with Gasteiger partial charge in [-0.1, -0.05) is 6.07 Å². The average Bonchev–Trinajstić information content (AvgIpc) is 3.31. The van der Waals surface area contributed by atoms with Crippen LogP contribution in [-0.4, -0.2) is 60.3 Å². The van der Waals surface area contributed by atoms with Crippen LogP contribution in [0, 0.1) is 6.92 Å². The summed E-state index contributed by atoms with van der Waals surface area (Å²) < 4.78 is 3.37. The van der Waals surface area contributed by atoms with Crippen molar-refractivity contribution in [3.63, 3.8) is 0 Å². The minimum absolute atomic E-state index is 0.0268. The topological polar surface area (TPSA) is 101 Å². The lowest BCUT2D eigenvalue weighted by Crippen LogP contribution is -2.29. The van der Waals surface area contributed by atoms with Crippen LogP contribution < -0.4 is 11.0 Å². The Labute approximate surface area is 179 Å². The van der Waals surface area contributed by atoms with Gasteiger partial charge in [0.15, 0.2) is 5.65 Å². The highest BCUT2D eigenvalue weighted by Crippen LogP contribution is 2.27. The summed E-state index contributed by atoms with van der Waals surface area (Å²) in [4.78, 5) is 28.7.